The van der Waals surface area contributed by atoms with Crippen LogP contribution in [0, 0.1) is 13.8 Å². The lowest BCUT2D eigenvalue weighted by atomic mass is 9.84. The molecule has 4 heteroatoms. The number of piperidine rings is 1. The fourth-order valence-corrected chi connectivity index (χ4v) is 5.38. The molecule has 1 saturated heterocycles. The maximum Gasteiger partial charge on any atom is 0.224 e. The number of hydrogen-bond donors (Lipinski definition) is 0. The molecule has 0 aromatic heterocycles. The van der Waals surface area contributed by atoms with Crippen LogP contribution >= 0.6 is 0 Å². The monoisotopic (exact) mass is 429 g/mol. The molecule has 168 valence electrons. The molecule has 1 heterocycles. The number of nitrogens with zero attached hydrogens (tertiary/aromatic N) is 3. The topological polar surface area (TPSA) is 35.9 Å². The zero-order chi connectivity index (χ0) is 22.8. The van der Waals surface area contributed by atoms with Crippen LogP contribution in [0.15, 0.2) is 58.7 Å². The summed E-state index contributed by atoms with van der Waals surface area (Å²) in [4.78, 5) is 21.8. The average molecular weight is 430 g/mol. The van der Waals surface area contributed by atoms with E-state index in [4.69, 9.17) is 4.99 Å². The second kappa shape index (κ2) is 9.32. The summed E-state index contributed by atoms with van der Waals surface area (Å²) in [5.41, 5.74) is 10.1. The van der Waals surface area contributed by atoms with E-state index in [2.05, 4.69) is 56.0 Å². The lowest BCUT2D eigenvalue weighted by molar-refractivity contribution is -0.117. The SMILES string of the molecule is CN=C1/C(=C(\C)N2CCC(N(C(C)=O)c3ccccc3C)CC2)CCc2ccc(C)cc21. The predicted molar refractivity (Wildman–Crippen MR) is 134 cm³/mol. The molecule has 32 heavy (non-hydrogen) atoms. The highest BCUT2D eigenvalue weighted by Gasteiger charge is 2.30. The normalized spacial score (nSPS) is 19.7. The molecule has 0 bridgehead atoms. The summed E-state index contributed by atoms with van der Waals surface area (Å²) in [5, 5.41) is 0. The molecule has 1 aliphatic carbocycles. The van der Waals surface area contributed by atoms with Crippen LogP contribution in [0.5, 0.6) is 0 Å². The van der Waals surface area contributed by atoms with Gasteiger partial charge in [0.15, 0.2) is 0 Å². The Bertz CT molecular complexity index is 1070. The van der Waals surface area contributed by atoms with Gasteiger partial charge in [-0.3, -0.25) is 9.79 Å². The van der Waals surface area contributed by atoms with Gasteiger partial charge >= 0.3 is 0 Å². The Balaban J connectivity index is 1.54. The summed E-state index contributed by atoms with van der Waals surface area (Å²) in [5.74, 6) is 0.132. The van der Waals surface area contributed by atoms with Crippen LogP contribution in [0.25, 0.3) is 0 Å². The number of carbonyl (C=O) groups excluding carboxylic acids is 1. The van der Waals surface area contributed by atoms with Crippen molar-refractivity contribution in [3.8, 4) is 0 Å². The Morgan fingerprint density at radius 2 is 1.75 bits per heavy atom. The maximum atomic E-state index is 12.6. The van der Waals surface area contributed by atoms with E-state index in [9.17, 15) is 4.79 Å². The third-order valence-corrected chi connectivity index (χ3v) is 7.13. The van der Waals surface area contributed by atoms with Crippen molar-refractivity contribution in [2.75, 3.05) is 25.0 Å². The number of rotatable bonds is 3. The number of allylic oxidation sites excluding steroid dienone is 2. The van der Waals surface area contributed by atoms with Gasteiger partial charge in [-0.15, -0.1) is 0 Å². The Hall–Kier alpha value is -2.88. The Morgan fingerprint density at radius 1 is 1.03 bits per heavy atom. The number of carbonyl (C=O) groups is 1. The molecule has 1 amide bonds. The second-order valence-electron chi connectivity index (χ2n) is 9.19. The highest BCUT2D eigenvalue weighted by molar-refractivity contribution is 6.14. The molecule has 2 aromatic carbocycles. The molecule has 0 saturated carbocycles. The van der Waals surface area contributed by atoms with E-state index in [0.29, 0.717) is 0 Å². The average Bonchev–Trinajstić information content (AvgIpc) is 2.79. The van der Waals surface area contributed by atoms with Crippen LogP contribution < -0.4 is 4.90 Å². The molecular weight excluding hydrogens is 394 g/mol. The number of likely N-dealkylation sites (tertiary alicyclic amines) is 1. The summed E-state index contributed by atoms with van der Waals surface area (Å²) >= 11 is 0. The summed E-state index contributed by atoms with van der Waals surface area (Å²) in [6, 6.07) is 15.2. The molecule has 1 aliphatic heterocycles. The van der Waals surface area contributed by atoms with Gasteiger partial charge in [0.2, 0.25) is 5.91 Å². The first-order chi connectivity index (χ1) is 15.4. The summed E-state index contributed by atoms with van der Waals surface area (Å²) < 4.78 is 0. The van der Waals surface area contributed by atoms with Gasteiger partial charge in [-0.05, 0) is 75.3 Å². The summed E-state index contributed by atoms with van der Waals surface area (Å²) in [6.45, 7) is 10.1. The molecule has 4 rings (SSSR count). The van der Waals surface area contributed by atoms with Crippen LogP contribution in [0.4, 0.5) is 5.69 Å². The zero-order valence-electron chi connectivity index (χ0n) is 20.1. The van der Waals surface area contributed by atoms with Gasteiger partial charge in [-0.1, -0.05) is 35.9 Å². The molecule has 0 N–H and O–H groups in total. The van der Waals surface area contributed by atoms with Crippen LogP contribution in [-0.2, 0) is 11.2 Å². The van der Waals surface area contributed by atoms with Crippen LogP contribution in [-0.4, -0.2) is 42.7 Å². The van der Waals surface area contributed by atoms with Crippen molar-refractivity contribution in [2.24, 2.45) is 4.99 Å². The van der Waals surface area contributed by atoms with Crippen LogP contribution in [0.2, 0.25) is 0 Å². The van der Waals surface area contributed by atoms with E-state index in [1.807, 2.05) is 24.1 Å². The van der Waals surface area contributed by atoms with E-state index in [-0.39, 0.29) is 11.9 Å². The largest absolute Gasteiger partial charge is 0.375 e. The van der Waals surface area contributed by atoms with Gasteiger partial charge in [0.05, 0.1) is 5.71 Å². The standard InChI is InChI=1S/C28H35N3O/c1-19-10-11-23-12-13-25(28(29-5)26(23)18-19)21(3)30-16-14-24(15-17-30)31(22(4)32)27-9-7-6-8-20(27)2/h6-11,18,24H,12-17H2,1-5H3/b25-21+,29-28?. The fourth-order valence-electron chi connectivity index (χ4n) is 5.38. The third-order valence-electron chi connectivity index (χ3n) is 7.13. The molecule has 0 unspecified atom stereocenters. The Kier molecular flexibility index (Phi) is 6.50. The van der Waals surface area contributed by atoms with Gasteiger partial charge in [0.1, 0.15) is 0 Å². The zero-order valence-corrected chi connectivity index (χ0v) is 20.1. The maximum absolute atomic E-state index is 12.6. The van der Waals surface area contributed by atoms with E-state index in [0.717, 1.165) is 55.7 Å². The number of hydrogen-bond acceptors (Lipinski definition) is 3. The smallest absolute Gasteiger partial charge is 0.224 e. The van der Waals surface area contributed by atoms with Crippen molar-refractivity contribution in [3.63, 3.8) is 0 Å². The minimum Gasteiger partial charge on any atom is -0.375 e. The highest BCUT2D eigenvalue weighted by Crippen LogP contribution is 2.32. The van der Waals surface area contributed by atoms with E-state index in [1.54, 1.807) is 6.92 Å². The van der Waals surface area contributed by atoms with Gasteiger partial charge in [0.25, 0.3) is 0 Å². The molecule has 0 radical (unpaired) electrons. The number of benzene rings is 2. The molecule has 2 aliphatic rings. The van der Waals surface area contributed by atoms with Gasteiger partial charge in [0, 0.05) is 50.1 Å². The lowest BCUT2D eigenvalue weighted by Gasteiger charge is -2.41. The van der Waals surface area contributed by atoms with E-state index < -0.39 is 0 Å². The third kappa shape index (κ3) is 4.23. The molecule has 1 fully saturated rings. The van der Waals surface area contributed by atoms with Crippen molar-refractivity contribution in [3.05, 3.63) is 76.0 Å². The van der Waals surface area contributed by atoms with Gasteiger partial charge in [-0.25, -0.2) is 0 Å². The molecule has 4 nitrogen and oxygen atoms in total. The number of fused-ring (bicyclic) bond motifs is 1. The van der Waals surface area contributed by atoms with Crippen molar-refractivity contribution in [1.29, 1.82) is 0 Å². The first kappa shape index (κ1) is 22.3. The number of aliphatic imine (C=N–C) groups is 1. The Morgan fingerprint density at radius 3 is 2.41 bits per heavy atom. The predicted octanol–water partition coefficient (Wildman–Crippen LogP) is 5.46. The first-order valence-corrected chi connectivity index (χ1v) is 11.8. The van der Waals surface area contributed by atoms with Crippen molar-refractivity contribution >= 4 is 17.3 Å². The number of amides is 1. The van der Waals surface area contributed by atoms with E-state index in [1.165, 1.54) is 28.0 Å². The van der Waals surface area contributed by atoms with Gasteiger partial charge < -0.3 is 9.80 Å². The highest BCUT2D eigenvalue weighted by atomic mass is 16.2. The lowest BCUT2D eigenvalue weighted by Crippen LogP contribution is -2.47. The van der Waals surface area contributed by atoms with Crippen molar-refractivity contribution in [1.82, 2.24) is 4.90 Å². The molecule has 0 atom stereocenters. The minimum absolute atomic E-state index is 0.132. The molecular formula is C28H35N3O. The molecule has 2 aromatic rings. The molecule has 0 spiro atoms. The van der Waals surface area contributed by atoms with Gasteiger partial charge in [-0.2, -0.15) is 0 Å². The second-order valence-corrected chi connectivity index (χ2v) is 9.19. The van der Waals surface area contributed by atoms with E-state index >= 15 is 0 Å². The number of para-hydroxylation sites is 1. The fraction of sp³-hybridized carbons (Fsp3) is 0.429. The van der Waals surface area contributed by atoms with Crippen LogP contribution in [0.3, 0.4) is 0 Å². The van der Waals surface area contributed by atoms with Crippen molar-refractivity contribution < 1.29 is 4.79 Å². The Labute approximate surface area is 192 Å². The van der Waals surface area contributed by atoms with Crippen LogP contribution in [0.1, 0.15) is 55.4 Å². The minimum atomic E-state index is 0.132. The number of aryl methyl sites for hydroxylation is 3. The summed E-state index contributed by atoms with van der Waals surface area (Å²) in [7, 11) is 1.92. The number of anilines is 1. The summed E-state index contributed by atoms with van der Waals surface area (Å²) in [6.07, 6.45) is 4.07. The quantitative estimate of drug-likeness (QED) is 0.649. The first-order valence-electron chi connectivity index (χ1n) is 11.8. The van der Waals surface area contributed by atoms with Crippen molar-refractivity contribution in [2.45, 2.75) is 59.4 Å².